The van der Waals surface area contributed by atoms with Crippen LogP contribution in [0.3, 0.4) is 0 Å². The van der Waals surface area contributed by atoms with E-state index in [4.69, 9.17) is 0 Å². The highest BCUT2D eigenvalue weighted by Crippen LogP contribution is 2.21. The summed E-state index contributed by atoms with van der Waals surface area (Å²) in [5.74, 6) is -1.17. The van der Waals surface area contributed by atoms with Gasteiger partial charge in [0, 0.05) is 24.4 Å². The zero-order chi connectivity index (χ0) is 13.1. The number of rotatable bonds is 4. The standard InChI is InChI=1S/C13H15F2N3/c1-3-18-8-10(7-16-18)9(2)17-13-5-4-11(14)6-12(13)15/h4-9,17H,3H2,1-2H3. The predicted molar refractivity (Wildman–Crippen MR) is 66.3 cm³/mol. The van der Waals surface area contributed by atoms with E-state index in [1.54, 1.807) is 10.9 Å². The molecule has 0 radical (unpaired) electrons. The minimum Gasteiger partial charge on any atom is -0.376 e. The average Bonchev–Trinajstić information content (AvgIpc) is 2.81. The minimum absolute atomic E-state index is 0.0924. The molecule has 2 aromatic rings. The topological polar surface area (TPSA) is 29.9 Å². The maximum atomic E-state index is 13.5. The lowest BCUT2D eigenvalue weighted by molar-refractivity contribution is 0.584. The number of hydrogen-bond donors (Lipinski definition) is 1. The van der Waals surface area contributed by atoms with E-state index in [0.29, 0.717) is 0 Å². The molecule has 0 bridgehead atoms. The largest absolute Gasteiger partial charge is 0.376 e. The van der Waals surface area contributed by atoms with Crippen molar-refractivity contribution in [1.82, 2.24) is 9.78 Å². The summed E-state index contributed by atoms with van der Waals surface area (Å²) < 4.78 is 28.1. The maximum Gasteiger partial charge on any atom is 0.149 e. The molecule has 0 amide bonds. The van der Waals surface area contributed by atoms with Gasteiger partial charge in [-0.1, -0.05) is 0 Å². The molecule has 0 aliphatic carbocycles. The minimum atomic E-state index is -0.593. The fraction of sp³-hybridized carbons (Fsp3) is 0.308. The third kappa shape index (κ3) is 2.67. The third-order valence-electron chi connectivity index (χ3n) is 2.78. The van der Waals surface area contributed by atoms with Gasteiger partial charge in [0.1, 0.15) is 11.6 Å². The second-order valence-corrected chi connectivity index (χ2v) is 4.12. The number of nitrogens with one attached hydrogen (secondary N) is 1. The molecule has 0 fully saturated rings. The summed E-state index contributed by atoms with van der Waals surface area (Å²) in [4.78, 5) is 0. The summed E-state index contributed by atoms with van der Waals surface area (Å²) in [6, 6.07) is 3.40. The molecule has 0 saturated carbocycles. The Hall–Kier alpha value is -1.91. The van der Waals surface area contributed by atoms with Crippen LogP contribution in [0, 0.1) is 11.6 Å². The number of aryl methyl sites for hydroxylation is 1. The van der Waals surface area contributed by atoms with Crippen LogP contribution < -0.4 is 5.32 Å². The number of anilines is 1. The first kappa shape index (κ1) is 12.5. The van der Waals surface area contributed by atoms with Crippen molar-refractivity contribution in [3.63, 3.8) is 0 Å². The van der Waals surface area contributed by atoms with Crippen LogP contribution in [0.5, 0.6) is 0 Å². The molecule has 0 spiro atoms. The first-order valence-corrected chi connectivity index (χ1v) is 5.84. The lowest BCUT2D eigenvalue weighted by Gasteiger charge is -2.14. The van der Waals surface area contributed by atoms with E-state index >= 15 is 0 Å². The van der Waals surface area contributed by atoms with E-state index in [-0.39, 0.29) is 11.7 Å². The molecule has 1 heterocycles. The van der Waals surface area contributed by atoms with Crippen molar-refractivity contribution in [1.29, 1.82) is 0 Å². The molecular formula is C13H15F2N3. The van der Waals surface area contributed by atoms with Gasteiger partial charge in [0.15, 0.2) is 0 Å². The Morgan fingerprint density at radius 3 is 2.78 bits per heavy atom. The van der Waals surface area contributed by atoms with Crippen molar-refractivity contribution < 1.29 is 8.78 Å². The third-order valence-corrected chi connectivity index (χ3v) is 2.78. The molecule has 5 heteroatoms. The highest BCUT2D eigenvalue weighted by Gasteiger charge is 2.10. The Morgan fingerprint density at radius 2 is 2.17 bits per heavy atom. The Balaban J connectivity index is 2.13. The molecule has 3 nitrogen and oxygen atoms in total. The van der Waals surface area contributed by atoms with E-state index in [1.165, 1.54) is 12.1 Å². The Labute approximate surface area is 104 Å². The molecule has 18 heavy (non-hydrogen) atoms. The average molecular weight is 251 g/mol. The number of benzene rings is 1. The SMILES string of the molecule is CCn1cc(C(C)Nc2ccc(F)cc2F)cn1. The van der Waals surface area contributed by atoms with Gasteiger partial charge >= 0.3 is 0 Å². The predicted octanol–water partition coefficient (Wildman–Crippen LogP) is 3.35. The summed E-state index contributed by atoms with van der Waals surface area (Å²) in [7, 11) is 0. The molecule has 0 aliphatic rings. The van der Waals surface area contributed by atoms with Crippen molar-refractivity contribution in [2.75, 3.05) is 5.32 Å². The van der Waals surface area contributed by atoms with Crippen molar-refractivity contribution >= 4 is 5.69 Å². The van der Waals surface area contributed by atoms with E-state index in [0.717, 1.165) is 18.2 Å². The van der Waals surface area contributed by atoms with Gasteiger partial charge in [-0.25, -0.2) is 8.78 Å². The molecule has 0 aliphatic heterocycles. The van der Waals surface area contributed by atoms with Gasteiger partial charge in [-0.15, -0.1) is 0 Å². The first-order chi connectivity index (χ1) is 8.60. The monoisotopic (exact) mass is 251 g/mol. The van der Waals surface area contributed by atoms with Crippen molar-refractivity contribution in [3.05, 3.63) is 47.8 Å². The second kappa shape index (κ2) is 5.16. The lowest BCUT2D eigenvalue weighted by atomic mass is 10.2. The highest BCUT2D eigenvalue weighted by atomic mass is 19.1. The van der Waals surface area contributed by atoms with Crippen LogP contribution in [0.4, 0.5) is 14.5 Å². The van der Waals surface area contributed by atoms with Crippen molar-refractivity contribution in [3.8, 4) is 0 Å². The van der Waals surface area contributed by atoms with Gasteiger partial charge in [-0.05, 0) is 26.0 Å². The van der Waals surface area contributed by atoms with Crippen LogP contribution in [0.1, 0.15) is 25.5 Å². The smallest absolute Gasteiger partial charge is 0.149 e. The van der Waals surface area contributed by atoms with Crippen LogP contribution in [0.25, 0.3) is 0 Å². The normalized spacial score (nSPS) is 12.4. The van der Waals surface area contributed by atoms with E-state index in [1.807, 2.05) is 20.0 Å². The lowest BCUT2D eigenvalue weighted by Crippen LogP contribution is -2.07. The molecule has 1 aromatic carbocycles. The molecular weight excluding hydrogens is 236 g/mol. The Bertz CT molecular complexity index is 537. The summed E-state index contributed by atoms with van der Waals surface area (Å²) in [6.07, 6.45) is 3.64. The first-order valence-electron chi connectivity index (χ1n) is 5.84. The second-order valence-electron chi connectivity index (χ2n) is 4.12. The zero-order valence-corrected chi connectivity index (χ0v) is 10.3. The summed E-state index contributed by atoms with van der Waals surface area (Å²) >= 11 is 0. The number of aromatic nitrogens is 2. The number of nitrogens with zero attached hydrogens (tertiary/aromatic N) is 2. The maximum absolute atomic E-state index is 13.5. The van der Waals surface area contributed by atoms with Crippen LogP contribution in [0.2, 0.25) is 0 Å². The van der Waals surface area contributed by atoms with Gasteiger partial charge in [-0.3, -0.25) is 4.68 Å². The fourth-order valence-corrected chi connectivity index (χ4v) is 1.70. The fourth-order valence-electron chi connectivity index (χ4n) is 1.70. The van der Waals surface area contributed by atoms with Crippen molar-refractivity contribution in [2.24, 2.45) is 0 Å². The molecule has 1 aromatic heterocycles. The Morgan fingerprint density at radius 1 is 1.39 bits per heavy atom. The highest BCUT2D eigenvalue weighted by molar-refractivity contribution is 5.46. The van der Waals surface area contributed by atoms with Crippen LogP contribution in [-0.4, -0.2) is 9.78 Å². The molecule has 1 atom stereocenters. The van der Waals surface area contributed by atoms with Gasteiger partial charge in [0.2, 0.25) is 0 Å². The molecule has 2 rings (SSSR count). The van der Waals surface area contributed by atoms with Crippen molar-refractivity contribution in [2.45, 2.75) is 26.4 Å². The van der Waals surface area contributed by atoms with Gasteiger partial charge in [0.05, 0.1) is 17.9 Å². The van der Waals surface area contributed by atoms with E-state index < -0.39 is 11.6 Å². The molecule has 1 N–H and O–H groups in total. The van der Waals surface area contributed by atoms with Gasteiger partial charge < -0.3 is 5.32 Å². The van der Waals surface area contributed by atoms with Crippen LogP contribution in [0.15, 0.2) is 30.6 Å². The molecule has 96 valence electrons. The number of halogens is 2. The summed E-state index contributed by atoms with van der Waals surface area (Å²) in [5.41, 5.74) is 1.24. The summed E-state index contributed by atoms with van der Waals surface area (Å²) in [6.45, 7) is 4.69. The van der Waals surface area contributed by atoms with E-state index in [9.17, 15) is 8.78 Å². The zero-order valence-electron chi connectivity index (χ0n) is 10.3. The van der Waals surface area contributed by atoms with Crippen LogP contribution in [-0.2, 0) is 6.54 Å². The quantitative estimate of drug-likeness (QED) is 0.903. The van der Waals surface area contributed by atoms with E-state index in [2.05, 4.69) is 10.4 Å². The molecule has 1 unspecified atom stereocenters. The summed E-state index contributed by atoms with van der Waals surface area (Å²) in [5, 5.41) is 7.15. The number of hydrogen-bond acceptors (Lipinski definition) is 2. The Kier molecular flexibility index (Phi) is 3.60. The van der Waals surface area contributed by atoms with Gasteiger partial charge in [-0.2, -0.15) is 5.10 Å². The molecule has 0 saturated heterocycles. The van der Waals surface area contributed by atoms with Gasteiger partial charge in [0.25, 0.3) is 0 Å². The van der Waals surface area contributed by atoms with Crippen LogP contribution >= 0.6 is 0 Å².